The summed E-state index contributed by atoms with van der Waals surface area (Å²) in [7, 11) is 1.31. The minimum absolute atomic E-state index is 0.0812. The van der Waals surface area contributed by atoms with Crippen LogP contribution in [0.4, 0.5) is 0 Å². The number of rotatable bonds is 4. The Bertz CT molecular complexity index is 283. The number of ether oxygens (including phenoxy) is 1. The van der Waals surface area contributed by atoms with E-state index in [9.17, 15) is 9.59 Å². The van der Waals surface area contributed by atoms with Crippen LogP contribution in [0.3, 0.4) is 0 Å². The average molecular weight is 195 g/mol. The molecule has 0 radical (unpaired) electrons. The normalized spacial score (nSPS) is 16.9. The third-order valence-corrected chi connectivity index (χ3v) is 2.05. The minimum Gasteiger partial charge on any atom is -0.467 e. The topological polar surface area (TPSA) is 46.6 Å². The first-order valence-electron chi connectivity index (χ1n) is 4.37. The Morgan fingerprint density at radius 1 is 1.86 bits per heavy atom. The summed E-state index contributed by atoms with van der Waals surface area (Å²) in [6, 6.07) is -0.566. The van der Waals surface area contributed by atoms with Gasteiger partial charge in [-0.05, 0) is 6.42 Å². The molecule has 4 nitrogen and oxygen atoms in total. The van der Waals surface area contributed by atoms with Crippen LogP contribution in [0.5, 0.6) is 0 Å². The van der Waals surface area contributed by atoms with Gasteiger partial charge in [-0.15, -0.1) is 6.58 Å². The van der Waals surface area contributed by atoms with Crippen molar-refractivity contribution in [2.24, 2.45) is 0 Å². The number of methoxy groups -OCH3 is 1. The zero-order valence-corrected chi connectivity index (χ0v) is 8.10. The molecule has 1 aliphatic rings. The van der Waals surface area contributed by atoms with Crippen molar-refractivity contribution in [2.75, 3.05) is 7.11 Å². The van der Waals surface area contributed by atoms with Gasteiger partial charge >= 0.3 is 5.97 Å². The van der Waals surface area contributed by atoms with Crippen molar-refractivity contribution in [3.63, 3.8) is 0 Å². The molecule has 0 aromatic carbocycles. The van der Waals surface area contributed by atoms with E-state index >= 15 is 0 Å². The van der Waals surface area contributed by atoms with Gasteiger partial charge in [-0.2, -0.15) is 0 Å². The summed E-state index contributed by atoms with van der Waals surface area (Å²) in [5.41, 5.74) is 0. The highest BCUT2D eigenvalue weighted by molar-refractivity contribution is 5.87. The van der Waals surface area contributed by atoms with Crippen molar-refractivity contribution in [1.82, 2.24) is 4.90 Å². The Kier molecular flexibility index (Phi) is 3.45. The van der Waals surface area contributed by atoms with Gasteiger partial charge in [0.2, 0.25) is 5.91 Å². The van der Waals surface area contributed by atoms with E-state index in [1.165, 1.54) is 12.0 Å². The second kappa shape index (κ2) is 4.60. The van der Waals surface area contributed by atoms with Crippen LogP contribution in [-0.2, 0) is 14.3 Å². The van der Waals surface area contributed by atoms with E-state index in [0.29, 0.717) is 12.8 Å². The fourth-order valence-electron chi connectivity index (χ4n) is 1.35. The molecule has 1 atom stereocenters. The number of amides is 1. The standard InChI is InChI=1S/C10H13NO3/c1-3-5-8(10(13)14-2)11-7-4-6-9(11)12/h3-4,7-8H,1,5-6H2,2H3. The minimum atomic E-state index is -0.566. The third kappa shape index (κ3) is 2.02. The van der Waals surface area contributed by atoms with Crippen LogP contribution in [0.15, 0.2) is 24.9 Å². The van der Waals surface area contributed by atoms with Crippen molar-refractivity contribution in [1.29, 1.82) is 0 Å². The highest BCUT2D eigenvalue weighted by Crippen LogP contribution is 2.15. The van der Waals surface area contributed by atoms with E-state index in [2.05, 4.69) is 11.3 Å². The summed E-state index contributed by atoms with van der Waals surface area (Å²) in [5, 5.41) is 0. The molecule has 1 unspecified atom stereocenters. The monoisotopic (exact) mass is 195 g/mol. The lowest BCUT2D eigenvalue weighted by Gasteiger charge is -2.22. The molecule has 76 valence electrons. The quantitative estimate of drug-likeness (QED) is 0.493. The predicted molar refractivity (Wildman–Crippen MR) is 51.2 cm³/mol. The van der Waals surface area contributed by atoms with Gasteiger partial charge < -0.3 is 9.64 Å². The lowest BCUT2D eigenvalue weighted by Crippen LogP contribution is -2.39. The summed E-state index contributed by atoms with van der Waals surface area (Å²) in [5.74, 6) is -0.493. The van der Waals surface area contributed by atoms with E-state index in [1.54, 1.807) is 18.4 Å². The van der Waals surface area contributed by atoms with E-state index in [4.69, 9.17) is 0 Å². The molecule has 1 amide bonds. The molecule has 0 saturated carbocycles. The Balaban J connectivity index is 2.75. The van der Waals surface area contributed by atoms with E-state index < -0.39 is 12.0 Å². The summed E-state index contributed by atoms with van der Waals surface area (Å²) in [6.45, 7) is 3.54. The van der Waals surface area contributed by atoms with Crippen LogP contribution in [0, 0.1) is 0 Å². The van der Waals surface area contributed by atoms with Gasteiger partial charge in [0, 0.05) is 12.6 Å². The van der Waals surface area contributed by atoms with Gasteiger partial charge in [0.1, 0.15) is 6.04 Å². The van der Waals surface area contributed by atoms with Gasteiger partial charge in [-0.3, -0.25) is 4.79 Å². The second-order valence-electron chi connectivity index (χ2n) is 2.95. The zero-order valence-electron chi connectivity index (χ0n) is 8.10. The smallest absolute Gasteiger partial charge is 0.329 e. The molecule has 0 saturated heterocycles. The van der Waals surface area contributed by atoms with Gasteiger partial charge in [-0.25, -0.2) is 4.79 Å². The van der Waals surface area contributed by atoms with Crippen molar-refractivity contribution in [3.8, 4) is 0 Å². The fourth-order valence-corrected chi connectivity index (χ4v) is 1.35. The summed E-state index contributed by atoms with van der Waals surface area (Å²) >= 11 is 0. The van der Waals surface area contributed by atoms with Crippen LogP contribution in [0.2, 0.25) is 0 Å². The third-order valence-electron chi connectivity index (χ3n) is 2.05. The molecule has 0 spiro atoms. The Labute approximate surface area is 82.8 Å². The Morgan fingerprint density at radius 2 is 2.57 bits per heavy atom. The van der Waals surface area contributed by atoms with E-state index in [0.717, 1.165) is 0 Å². The second-order valence-corrected chi connectivity index (χ2v) is 2.95. The van der Waals surface area contributed by atoms with Gasteiger partial charge in [-0.1, -0.05) is 12.2 Å². The zero-order chi connectivity index (χ0) is 10.6. The van der Waals surface area contributed by atoms with Gasteiger partial charge in [0.05, 0.1) is 7.11 Å². The number of carbonyl (C=O) groups is 2. The van der Waals surface area contributed by atoms with Crippen LogP contribution >= 0.6 is 0 Å². The Hall–Kier alpha value is -1.58. The summed E-state index contributed by atoms with van der Waals surface area (Å²) in [4.78, 5) is 24.1. The molecule has 4 heteroatoms. The number of carbonyl (C=O) groups excluding carboxylic acids is 2. The molecule has 0 N–H and O–H groups in total. The van der Waals surface area contributed by atoms with E-state index in [1.807, 2.05) is 0 Å². The van der Waals surface area contributed by atoms with Crippen LogP contribution in [0.1, 0.15) is 12.8 Å². The maximum atomic E-state index is 11.3. The molecule has 1 heterocycles. The largest absolute Gasteiger partial charge is 0.467 e. The highest BCUT2D eigenvalue weighted by Gasteiger charge is 2.29. The lowest BCUT2D eigenvalue weighted by molar-refractivity contribution is -0.149. The maximum absolute atomic E-state index is 11.3. The molecule has 0 fully saturated rings. The Morgan fingerprint density at radius 3 is 3.00 bits per heavy atom. The highest BCUT2D eigenvalue weighted by atomic mass is 16.5. The molecule has 0 aromatic heterocycles. The first-order valence-corrected chi connectivity index (χ1v) is 4.37. The average Bonchev–Trinajstić information content (AvgIpc) is 2.60. The number of hydrogen-bond acceptors (Lipinski definition) is 3. The van der Waals surface area contributed by atoms with Crippen molar-refractivity contribution in [2.45, 2.75) is 18.9 Å². The SMILES string of the molecule is C=CCC(C(=O)OC)N1C=CCC1=O. The number of nitrogens with zero attached hydrogens (tertiary/aromatic N) is 1. The maximum Gasteiger partial charge on any atom is 0.329 e. The summed E-state index contributed by atoms with van der Waals surface area (Å²) < 4.78 is 4.61. The molecule has 0 bridgehead atoms. The molecule has 1 rings (SSSR count). The van der Waals surface area contributed by atoms with Crippen molar-refractivity contribution < 1.29 is 14.3 Å². The summed E-state index contributed by atoms with van der Waals surface area (Å²) in [6.07, 6.45) is 5.70. The predicted octanol–water partition coefficient (Wildman–Crippen LogP) is 0.850. The molecule has 1 aliphatic heterocycles. The first kappa shape index (κ1) is 10.5. The van der Waals surface area contributed by atoms with E-state index in [-0.39, 0.29) is 5.91 Å². The molecule has 0 aliphatic carbocycles. The lowest BCUT2D eigenvalue weighted by atomic mass is 10.2. The van der Waals surface area contributed by atoms with Crippen LogP contribution in [-0.4, -0.2) is 29.9 Å². The molecule has 0 aromatic rings. The van der Waals surface area contributed by atoms with Gasteiger partial charge in [0.25, 0.3) is 0 Å². The first-order chi connectivity index (χ1) is 6.70. The van der Waals surface area contributed by atoms with Crippen LogP contribution < -0.4 is 0 Å². The molecular weight excluding hydrogens is 182 g/mol. The molecular formula is C10H13NO3. The number of esters is 1. The van der Waals surface area contributed by atoms with Gasteiger partial charge in [0.15, 0.2) is 0 Å². The fraction of sp³-hybridized carbons (Fsp3) is 0.400. The number of hydrogen-bond donors (Lipinski definition) is 0. The van der Waals surface area contributed by atoms with Crippen molar-refractivity contribution >= 4 is 11.9 Å². The molecule has 14 heavy (non-hydrogen) atoms. The van der Waals surface area contributed by atoms with Crippen molar-refractivity contribution in [3.05, 3.63) is 24.9 Å². The van der Waals surface area contributed by atoms with Crippen LogP contribution in [0.25, 0.3) is 0 Å².